The molecule has 0 saturated carbocycles. The van der Waals surface area contributed by atoms with Crippen molar-refractivity contribution < 1.29 is 18.9 Å². The van der Waals surface area contributed by atoms with Gasteiger partial charge >= 0.3 is 5.97 Å². The Kier molecular flexibility index (Phi) is 5.00. The van der Waals surface area contributed by atoms with Crippen molar-refractivity contribution in [1.82, 2.24) is 0 Å². The van der Waals surface area contributed by atoms with Gasteiger partial charge in [-0.3, -0.25) is 14.9 Å². The zero-order valence-corrected chi connectivity index (χ0v) is 11.5. The Labute approximate surface area is 112 Å². The number of rotatable bonds is 6. The SMILES string of the molecule is CC(=O)OCC[N+](C)(C)Cc1ccccc1[N+](=O)[O-]. The van der Waals surface area contributed by atoms with E-state index < -0.39 is 0 Å². The summed E-state index contributed by atoms with van der Waals surface area (Å²) in [6.07, 6.45) is 0. The van der Waals surface area contributed by atoms with Crippen LogP contribution < -0.4 is 0 Å². The van der Waals surface area contributed by atoms with Crippen LogP contribution in [0.4, 0.5) is 5.69 Å². The molecular weight excluding hydrogens is 248 g/mol. The highest BCUT2D eigenvalue weighted by Gasteiger charge is 2.22. The van der Waals surface area contributed by atoms with Gasteiger partial charge in [-0.1, -0.05) is 12.1 Å². The summed E-state index contributed by atoms with van der Waals surface area (Å²) in [6, 6.07) is 6.69. The lowest BCUT2D eigenvalue weighted by Gasteiger charge is -2.29. The average molecular weight is 267 g/mol. The molecule has 0 bridgehead atoms. The molecule has 1 rings (SSSR count). The van der Waals surface area contributed by atoms with Gasteiger partial charge in [-0.25, -0.2) is 0 Å². The largest absolute Gasteiger partial charge is 0.460 e. The fraction of sp³-hybridized carbons (Fsp3) is 0.462. The van der Waals surface area contributed by atoms with Gasteiger partial charge in [-0.2, -0.15) is 0 Å². The molecule has 0 spiro atoms. The Hall–Kier alpha value is -1.95. The lowest BCUT2D eigenvalue weighted by molar-refractivity contribution is -0.903. The highest BCUT2D eigenvalue weighted by atomic mass is 16.6. The van der Waals surface area contributed by atoms with E-state index in [0.29, 0.717) is 29.7 Å². The monoisotopic (exact) mass is 267 g/mol. The first-order valence-electron chi connectivity index (χ1n) is 5.99. The van der Waals surface area contributed by atoms with Crippen LogP contribution >= 0.6 is 0 Å². The minimum absolute atomic E-state index is 0.126. The molecule has 0 amide bonds. The molecular formula is C13H19N2O4+. The van der Waals surface area contributed by atoms with E-state index >= 15 is 0 Å². The normalized spacial score (nSPS) is 11.1. The number of carbonyl (C=O) groups excluding carboxylic acids is 1. The van der Waals surface area contributed by atoms with E-state index in [1.807, 2.05) is 14.1 Å². The Morgan fingerprint density at radius 3 is 2.58 bits per heavy atom. The summed E-state index contributed by atoms with van der Waals surface area (Å²) in [7, 11) is 3.89. The zero-order chi connectivity index (χ0) is 14.5. The molecule has 0 radical (unpaired) electrons. The van der Waals surface area contributed by atoms with Crippen molar-refractivity contribution in [1.29, 1.82) is 0 Å². The molecule has 0 unspecified atom stereocenters. The number of benzene rings is 1. The number of likely N-dealkylation sites (N-methyl/N-ethyl adjacent to an activating group) is 1. The molecule has 0 atom stereocenters. The minimum atomic E-state index is -0.374. The molecule has 0 aliphatic carbocycles. The predicted molar refractivity (Wildman–Crippen MR) is 70.4 cm³/mol. The van der Waals surface area contributed by atoms with Crippen LogP contribution in [0.2, 0.25) is 0 Å². The number of hydrogen-bond acceptors (Lipinski definition) is 4. The van der Waals surface area contributed by atoms with Crippen LogP contribution in [0.3, 0.4) is 0 Å². The van der Waals surface area contributed by atoms with Crippen LogP contribution in [0.15, 0.2) is 24.3 Å². The Bertz CT molecular complexity index is 471. The highest BCUT2D eigenvalue weighted by Crippen LogP contribution is 2.21. The van der Waals surface area contributed by atoms with Gasteiger partial charge in [-0.15, -0.1) is 0 Å². The molecule has 0 aliphatic heterocycles. The van der Waals surface area contributed by atoms with E-state index in [0.717, 1.165) is 0 Å². The standard InChI is InChI=1S/C13H19N2O4/c1-11(16)19-9-8-15(2,3)10-12-6-4-5-7-13(12)14(17)18/h4-7H,8-10H2,1-3H3/q+1. The quantitative estimate of drug-likeness (QED) is 0.341. The second kappa shape index (κ2) is 6.29. The maximum Gasteiger partial charge on any atom is 0.302 e. The van der Waals surface area contributed by atoms with Crippen molar-refractivity contribution in [2.75, 3.05) is 27.2 Å². The maximum atomic E-state index is 10.9. The van der Waals surface area contributed by atoms with Gasteiger partial charge in [0.2, 0.25) is 0 Å². The van der Waals surface area contributed by atoms with Gasteiger partial charge in [-0.05, 0) is 6.07 Å². The number of esters is 1. The Morgan fingerprint density at radius 1 is 1.37 bits per heavy atom. The molecule has 0 N–H and O–H groups in total. The molecule has 0 saturated heterocycles. The molecule has 0 aromatic heterocycles. The van der Waals surface area contributed by atoms with Gasteiger partial charge in [0, 0.05) is 13.0 Å². The minimum Gasteiger partial charge on any atom is -0.460 e. The van der Waals surface area contributed by atoms with E-state index in [2.05, 4.69) is 0 Å². The number of hydrogen-bond donors (Lipinski definition) is 0. The van der Waals surface area contributed by atoms with E-state index in [4.69, 9.17) is 4.74 Å². The third kappa shape index (κ3) is 5.05. The van der Waals surface area contributed by atoms with E-state index in [9.17, 15) is 14.9 Å². The summed E-state index contributed by atoms with van der Waals surface area (Å²) in [5.41, 5.74) is 0.807. The van der Waals surface area contributed by atoms with Crippen LogP contribution in [0.5, 0.6) is 0 Å². The van der Waals surface area contributed by atoms with Crippen molar-refractivity contribution in [3.8, 4) is 0 Å². The van der Waals surface area contributed by atoms with Crippen LogP contribution in [-0.2, 0) is 16.1 Å². The topological polar surface area (TPSA) is 69.4 Å². The number of para-hydroxylation sites is 1. The van der Waals surface area contributed by atoms with Crippen LogP contribution in [0.25, 0.3) is 0 Å². The van der Waals surface area contributed by atoms with Gasteiger partial charge in [0.15, 0.2) is 0 Å². The fourth-order valence-corrected chi connectivity index (χ4v) is 1.80. The molecule has 0 fully saturated rings. The summed E-state index contributed by atoms with van der Waals surface area (Å²) < 4.78 is 5.42. The van der Waals surface area contributed by atoms with Crippen molar-refractivity contribution in [2.24, 2.45) is 0 Å². The summed E-state index contributed by atoms with van der Waals surface area (Å²) in [6.45, 7) is 2.79. The van der Waals surface area contributed by atoms with Crippen LogP contribution in [-0.4, -0.2) is 42.6 Å². The molecule has 19 heavy (non-hydrogen) atoms. The second-order valence-electron chi connectivity index (χ2n) is 5.04. The third-order valence-corrected chi connectivity index (χ3v) is 2.79. The Balaban J connectivity index is 2.72. The summed E-state index contributed by atoms with van der Waals surface area (Å²) >= 11 is 0. The van der Waals surface area contributed by atoms with Gasteiger partial charge in [0.25, 0.3) is 5.69 Å². The molecule has 1 aromatic carbocycles. The molecule has 104 valence electrons. The van der Waals surface area contributed by atoms with E-state index in [1.165, 1.54) is 13.0 Å². The smallest absolute Gasteiger partial charge is 0.302 e. The molecule has 1 aromatic rings. The Morgan fingerprint density at radius 2 is 2.00 bits per heavy atom. The molecule has 0 heterocycles. The maximum absolute atomic E-state index is 10.9. The van der Waals surface area contributed by atoms with Gasteiger partial charge in [0.1, 0.15) is 19.7 Å². The summed E-state index contributed by atoms with van der Waals surface area (Å²) in [4.78, 5) is 21.3. The summed E-state index contributed by atoms with van der Waals surface area (Å²) in [5.74, 6) is -0.314. The molecule has 0 aliphatic rings. The zero-order valence-electron chi connectivity index (χ0n) is 11.5. The van der Waals surface area contributed by atoms with Gasteiger partial charge < -0.3 is 9.22 Å². The third-order valence-electron chi connectivity index (χ3n) is 2.79. The number of nitrogens with zero attached hydrogens (tertiary/aromatic N) is 2. The lowest BCUT2D eigenvalue weighted by atomic mass is 10.1. The van der Waals surface area contributed by atoms with Crippen LogP contribution in [0.1, 0.15) is 12.5 Å². The number of carbonyl (C=O) groups is 1. The molecule has 6 nitrogen and oxygen atoms in total. The predicted octanol–water partition coefficient (Wildman–Crippen LogP) is 1.73. The lowest BCUT2D eigenvalue weighted by Crippen LogP contribution is -2.41. The van der Waals surface area contributed by atoms with E-state index in [-0.39, 0.29) is 16.6 Å². The number of ether oxygens (including phenoxy) is 1. The fourth-order valence-electron chi connectivity index (χ4n) is 1.80. The highest BCUT2D eigenvalue weighted by molar-refractivity contribution is 5.65. The molecule has 6 heteroatoms. The number of nitro benzene ring substituents is 1. The van der Waals surface area contributed by atoms with Crippen molar-refractivity contribution in [3.05, 3.63) is 39.9 Å². The number of nitro groups is 1. The van der Waals surface area contributed by atoms with Crippen molar-refractivity contribution in [3.63, 3.8) is 0 Å². The van der Waals surface area contributed by atoms with E-state index in [1.54, 1.807) is 18.2 Å². The van der Waals surface area contributed by atoms with Crippen LogP contribution in [0, 0.1) is 10.1 Å². The second-order valence-corrected chi connectivity index (χ2v) is 5.04. The van der Waals surface area contributed by atoms with Crippen molar-refractivity contribution in [2.45, 2.75) is 13.5 Å². The first-order valence-corrected chi connectivity index (χ1v) is 5.99. The average Bonchev–Trinajstić information content (AvgIpc) is 2.27. The first kappa shape index (κ1) is 15.1. The number of quaternary nitrogens is 1. The van der Waals surface area contributed by atoms with Gasteiger partial charge in [0.05, 0.1) is 24.6 Å². The first-order chi connectivity index (χ1) is 8.82. The summed E-state index contributed by atoms with van der Waals surface area (Å²) in [5, 5.41) is 10.9. The van der Waals surface area contributed by atoms with Crippen molar-refractivity contribution >= 4 is 11.7 Å².